The Labute approximate surface area is 177 Å². The van der Waals surface area contributed by atoms with Crippen molar-refractivity contribution in [3.63, 3.8) is 0 Å². The number of thiophene rings is 1. The summed E-state index contributed by atoms with van der Waals surface area (Å²) >= 11 is 3.26. The highest BCUT2D eigenvalue weighted by Gasteiger charge is 2.17. The molecule has 144 valence electrons. The average molecular weight is 419 g/mol. The maximum absolute atomic E-state index is 8.96. The molecule has 0 spiro atoms. The predicted molar refractivity (Wildman–Crippen MR) is 117 cm³/mol. The zero-order chi connectivity index (χ0) is 20.1. The SMILES string of the molecule is CCOc1ccc(-n2c(SCc3ccc(C#N)cc3)nnc2-c2cccs2)cc1. The lowest BCUT2D eigenvalue weighted by Gasteiger charge is -2.11. The van der Waals surface area contributed by atoms with Crippen molar-refractivity contribution in [2.75, 3.05) is 6.61 Å². The summed E-state index contributed by atoms with van der Waals surface area (Å²) in [4.78, 5) is 1.07. The van der Waals surface area contributed by atoms with Gasteiger partial charge in [-0.15, -0.1) is 21.5 Å². The Morgan fingerprint density at radius 3 is 2.52 bits per heavy atom. The van der Waals surface area contributed by atoms with Crippen molar-refractivity contribution < 1.29 is 4.74 Å². The Bertz CT molecular complexity index is 1110. The maximum Gasteiger partial charge on any atom is 0.196 e. The van der Waals surface area contributed by atoms with Crippen molar-refractivity contribution in [3.05, 3.63) is 77.2 Å². The molecule has 5 nitrogen and oxygen atoms in total. The first-order chi connectivity index (χ1) is 14.3. The van der Waals surface area contributed by atoms with E-state index < -0.39 is 0 Å². The molecule has 0 N–H and O–H groups in total. The second-order valence-electron chi connectivity index (χ2n) is 6.14. The van der Waals surface area contributed by atoms with Gasteiger partial charge in [-0.05, 0) is 60.3 Å². The molecule has 0 radical (unpaired) electrons. The topological polar surface area (TPSA) is 63.7 Å². The van der Waals surface area contributed by atoms with E-state index in [1.54, 1.807) is 23.1 Å². The van der Waals surface area contributed by atoms with E-state index in [4.69, 9.17) is 10.00 Å². The fraction of sp³-hybridized carbons (Fsp3) is 0.136. The quantitative estimate of drug-likeness (QED) is 0.368. The van der Waals surface area contributed by atoms with Crippen LogP contribution < -0.4 is 4.74 Å². The molecule has 2 aromatic carbocycles. The minimum absolute atomic E-state index is 0.637. The summed E-state index contributed by atoms with van der Waals surface area (Å²) in [5.74, 6) is 2.41. The fourth-order valence-corrected chi connectivity index (χ4v) is 4.45. The number of nitrogens with zero attached hydrogens (tertiary/aromatic N) is 4. The summed E-state index contributed by atoms with van der Waals surface area (Å²) < 4.78 is 7.65. The maximum atomic E-state index is 8.96. The van der Waals surface area contributed by atoms with E-state index in [9.17, 15) is 0 Å². The molecule has 0 aliphatic rings. The number of aromatic nitrogens is 3. The molecule has 0 unspecified atom stereocenters. The number of benzene rings is 2. The van der Waals surface area contributed by atoms with Crippen LogP contribution in [0.3, 0.4) is 0 Å². The fourth-order valence-electron chi connectivity index (χ4n) is 2.84. The smallest absolute Gasteiger partial charge is 0.196 e. The zero-order valence-electron chi connectivity index (χ0n) is 15.8. The van der Waals surface area contributed by atoms with Gasteiger partial charge in [-0.3, -0.25) is 4.57 Å². The molecule has 4 aromatic rings. The van der Waals surface area contributed by atoms with Crippen molar-refractivity contribution in [2.24, 2.45) is 0 Å². The van der Waals surface area contributed by atoms with Gasteiger partial charge in [-0.25, -0.2) is 0 Å². The summed E-state index contributed by atoms with van der Waals surface area (Å²) in [5, 5.41) is 20.7. The van der Waals surface area contributed by atoms with Crippen molar-refractivity contribution in [1.82, 2.24) is 14.8 Å². The van der Waals surface area contributed by atoms with Crippen LogP contribution in [0.15, 0.2) is 71.2 Å². The third-order valence-corrected chi connectivity index (χ3v) is 6.10. The molecule has 0 aliphatic carbocycles. The van der Waals surface area contributed by atoms with Crippen LogP contribution in [0.4, 0.5) is 0 Å². The molecule has 7 heteroatoms. The summed E-state index contributed by atoms with van der Waals surface area (Å²) in [7, 11) is 0. The predicted octanol–water partition coefficient (Wildman–Crippen LogP) is 5.56. The molecule has 0 atom stereocenters. The lowest BCUT2D eigenvalue weighted by molar-refractivity contribution is 0.340. The van der Waals surface area contributed by atoms with Gasteiger partial charge in [0, 0.05) is 5.75 Å². The highest BCUT2D eigenvalue weighted by atomic mass is 32.2. The van der Waals surface area contributed by atoms with Crippen molar-refractivity contribution in [2.45, 2.75) is 17.8 Å². The highest BCUT2D eigenvalue weighted by molar-refractivity contribution is 7.98. The molecule has 0 bridgehead atoms. The van der Waals surface area contributed by atoms with E-state index in [2.05, 4.69) is 26.9 Å². The van der Waals surface area contributed by atoms with Crippen LogP contribution >= 0.6 is 23.1 Å². The van der Waals surface area contributed by atoms with Crippen molar-refractivity contribution in [1.29, 1.82) is 5.26 Å². The molecule has 0 saturated heterocycles. The van der Waals surface area contributed by atoms with Crippen LogP contribution in [0.25, 0.3) is 16.4 Å². The number of nitriles is 1. The van der Waals surface area contributed by atoms with Crippen LogP contribution in [0, 0.1) is 11.3 Å². The Morgan fingerprint density at radius 2 is 1.86 bits per heavy atom. The van der Waals surface area contributed by atoms with Gasteiger partial charge in [0.15, 0.2) is 11.0 Å². The summed E-state index contributed by atoms with van der Waals surface area (Å²) in [5.41, 5.74) is 2.79. The van der Waals surface area contributed by atoms with Gasteiger partial charge in [0.25, 0.3) is 0 Å². The molecule has 2 aromatic heterocycles. The Hall–Kier alpha value is -3.08. The second-order valence-corrected chi connectivity index (χ2v) is 8.03. The number of rotatable bonds is 7. The number of ether oxygens (including phenoxy) is 1. The van der Waals surface area contributed by atoms with Crippen LogP contribution in [0.1, 0.15) is 18.1 Å². The van der Waals surface area contributed by atoms with Crippen LogP contribution in [-0.4, -0.2) is 21.4 Å². The van der Waals surface area contributed by atoms with E-state index in [0.717, 1.165) is 38.6 Å². The molecule has 0 fully saturated rings. The van der Waals surface area contributed by atoms with Gasteiger partial charge < -0.3 is 4.74 Å². The first kappa shape index (κ1) is 19.2. The molecule has 29 heavy (non-hydrogen) atoms. The van der Waals surface area contributed by atoms with Crippen LogP contribution in [0.2, 0.25) is 0 Å². The number of thioether (sulfide) groups is 1. The van der Waals surface area contributed by atoms with Gasteiger partial charge in [0.1, 0.15) is 5.75 Å². The van der Waals surface area contributed by atoms with E-state index in [-0.39, 0.29) is 0 Å². The monoisotopic (exact) mass is 418 g/mol. The van der Waals surface area contributed by atoms with Gasteiger partial charge in [0.2, 0.25) is 0 Å². The van der Waals surface area contributed by atoms with Crippen LogP contribution in [0.5, 0.6) is 5.75 Å². The van der Waals surface area contributed by atoms with Gasteiger partial charge in [0.05, 0.1) is 28.8 Å². The largest absolute Gasteiger partial charge is 0.494 e. The van der Waals surface area contributed by atoms with Crippen molar-refractivity contribution in [3.8, 4) is 28.2 Å². The van der Waals surface area contributed by atoms with Gasteiger partial charge in [-0.1, -0.05) is 30.0 Å². The highest BCUT2D eigenvalue weighted by Crippen LogP contribution is 2.32. The molecule has 4 rings (SSSR count). The number of hydrogen-bond acceptors (Lipinski definition) is 6. The Balaban J connectivity index is 1.65. The summed E-state index contributed by atoms with van der Waals surface area (Å²) in [6, 6.07) is 21.8. The van der Waals surface area contributed by atoms with Crippen molar-refractivity contribution >= 4 is 23.1 Å². The average Bonchev–Trinajstić information content (AvgIpc) is 3.43. The normalized spacial score (nSPS) is 10.6. The third-order valence-electron chi connectivity index (χ3n) is 4.23. The Morgan fingerprint density at radius 1 is 1.07 bits per heavy atom. The van der Waals surface area contributed by atoms with E-state index in [0.29, 0.717) is 12.2 Å². The first-order valence-corrected chi connectivity index (χ1v) is 11.0. The molecule has 2 heterocycles. The summed E-state index contributed by atoms with van der Waals surface area (Å²) in [6.45, 7) is 2.61. The lowest BCUT2D eigenvalue weighted by Crippen LogP contribution is -2.00. The van der Waals surface area contributed by atoms with E-state index >= 15 is 0 Å². The van der Waals surface area contributed by atoms with E-state index in [1.165, 1.54) is 0 Å². The Kier molecular flexibility index (Phi) is 5.94. The van der Waals surface area contributed by atoms with Gasteiger partial charge in [-0.2, -0.15) is 5.26 Å². The third kappa shape index (κ3) is 4.34. The van der Waals surface area contributed by atoms with E-state index in [1.807, 2.05) is 66.9 Å². The molecule has 0 aliphatic heterocycles. The first-order valence-electron chi connectivity index (χ1n) is 9.13. The second kappa shape index (κ2) is 8.95. The standard InChI is InChI=1S/C22H18N4OS2/c1-2-27-19-11-9-18(10-12-19)26-21(20-4-3-13-28-20)24-25-22(26)29-15-17-7-5-16(14-23)6-8-17/h3-13H,2,15H2,1H3. The number of hydrogen-bond donors (Lipinski definition) is 0. The van der Waals surface area contributed by atoms with Gasteiger partial charge >= 0.3 is 0 Å². The minimum atomic E-state index is 0.637. The molecular weight excluding hydrogens is 400 g/mol. The van der Waals surface area contributed by atoms with Crippen LogP contribution in [-0.2, 0) is 5.75 Å². The summed E-state index contributed by atoms with van der Waals surface area (Å²) in [6.07, 6.45) is 0. The lowest BCUT2D eigenvalue weighted by atomic mass is 10.2. The molecule has 0 saturated carbocycles. The zero-order valence-corrected chi connectivity index (χ0v) is 17.4. The molecular formula is C22H18N4OS2. The molecule has 0 amide bonds. The minimum Gasteiger partial charge on any atom is -0.494 e.